The average molecular weight is 547 g/mol. The van der Waals surface area contributed by atoms with Crippen molar-refractivity contribution in [3.05, 3.63) is 93.8 Å². The third-order valence-corrected chi connectivity index (χ3v) is 6.82. The molecule has 5 aromatic rings. The summed E-state index contributed by atoms with van der Waals surface area (Å²) in [6, 6.07) is 14.8. The number of rotatable bonds is 5. The van der Waals surface area contributed by atoms with Gasteiger partial charge in [-0.15, -0.1) is 5.10 Å². The summed E-state index contributed by atoms with van der Waals surface area (Å²) in [5.74, 6) is -0.258. The summed E-state index contributed by atoms with van der Waals surface area (Å²) in [7, 11) is 1.27. The number of H-pyrrole nitrogens is 1. The van der Waals surface area contributed by atoms with Gasteiger partial charge < -0.3 is 14.3 Å². The highest BCUT2D eigenvalue weighted by Gasteiger charge is 2.29. The number of benzene rings is 2. The van der Waals surface area contributed by atoms with E-state index in [2.05, 4.69) is 35.5 Å². The molecule has 39 heavy (non-hydrogen) atoms. The number of carbonyl (C=O) groups is 1. The van der Waals surface area contributed by atoms with Gasteiger partial charge in [-0.2, -0.15) is 9.07 Å². The van der Waals surface area contributed by atoms with Gasteiger partial charge in [-0.1, -0.05) is 23.7 Å². The van der Waals surface area contributed by atoms with Gasteiger partial charge in [0.05, 0.1) is 18.8 Å². The minimum absolute atomic E-state index is 0.123. The molecule has 1 atom stereocenters. The van der Waals surface area contributed by atoms with E-state index in [0.29, 0.717) is 51.8 Å². The number of carbonyl (C=O) groups excluding carboxylic acids is 1. The molecule has 196 valence electrons. The van der Waals surface area contributed by atoms with Gasteiger partial charge in [0.25, 0.3) is 5.56 Å². The Hall–Kier alpha value is -4.84. The third kappa shape index (κ3) is 4.55. The molecule has 1 aliphatic heterocycles. The van der Waals surface area contributed by atoms with Crippen molar-refractivity contribution in [1.82, 2.24) is 34.7 Å². The minimum atomic E-state index is -0.609. The zero-order valence-corrected chi connectivity index (χ0v) is 21.2. The number of ether oxygens (including phenoxy) is 1. The van der Waals surface area contributed by atoms with Crippen LogP contribution in [0.1, 0.15) is 24.0 Å². The predicted molar refractivity (Wildman–Crippen MR) is 140 cm³/mol. The minimum Gasteiger partial charge on any atom is -0.453 e. The lowest BCUT2D eigenvalue weighted by Crippen LogP contribution is -2.24. The Morgan fingerprint density at radius 1 is 1.15 bits per heavy atom. The monoisotopic (exact) mass is 546 g/mol. The number of pyridine rings is 1. The fourth-order valence-corrected chi connectivity index (χ4v) is 4.99. The highest BCUT2D eigenvalue weighted by molar-refractivity contribution is 6.31. The number of tetrazole rings is 1. The van der Waals surface area contributed by atoms with Crippen molar-refractivity contribution in [3.8, 4) is 28.1 Å². The second-order valence-corrected chi connectivity index (χ2v) is 9.33. The normalized spacial score (nSPS) is 14.3. The van der Waals surface area contributed by atoms with Gasteiger partial charge in [-0.3, -0.25) is 10.1 Å². The highest BCUT2D eigenvalue weighted by atomic mass is 35.5. The molecule has 2 aromatic carbocycles. The Morgan fingerprint density at radius 2 is 1.97 bits per heavy atom. The molecule has 6 rings (SSSR count). The lowest BCUT2D eigenvalue weighted by molar-refractivity contribution is 0.187. The van der Waals surface area contributed by atoms with Gasteiger partial charge in [-0.05, 0) is 65.2 Å². The number of nitrogens with one attached hydrogen (secondary N) is 2. The van der Waals surface area contributed by atoms with Gasteiger partial charge >= 0.3 is 6.09 Å². The molecule has 0 aliphatic carbocycles. The van der Waals surface area contributed by atoms with Crippen LogP contribution in [0.2, 0.25) is 5.02 Å². The van der Waals surface area contributed by atoms with Crippen molar-refractivity contribution < 1.29 is 13.9 Å². The van der Waals surface area contributed by atoms with E-state index in [0.717, 1.165) is 5.69 Å². The molecule has 2 N–H and O–H groups in total. The molecule has 11 nitrogen and oxygen atoms in total. The molecule has 0 radical (unpaired) electrons. The van der Waals surface area contributed by atoms with E-state index >= 15 is 0 Å². The van der Waals surface area contributed by atoms with Gasteiger partial charge in [0.2, 0.25) is 5.95 Å². The van der Waals surface area contributed by atoms with Gasteiger partial charge in [-0.25, -0.2) is 9.78 Å². The van der Waals surface area contributed by atoms with Crippen LogP contribution in [0.25, 0.3) is 28.1 Å². The van der Waals surface area contributed by atoms with E-state index in [1.54, 1.807) is 47.0 Å². The van der Waals surface area contributed by atoms with Crippen LogP contribution in [0.5, 0.6) is 0 Å². The SMILES string of the molecule is COC(=O)Nc1ccc(-c2nc([C@@H]3CCc4cc(-c5cc(Cl)ccc5-n5cnnn5)cc(=O)n43)[nH]c2F)cc1. The molecule has 1 aliphatic rings. The number of fused-ring (bicyclic) bond motifs is 1. The van der Waals surface area contributed by atoms with Crippen molar-refractivity contribution in [2.75, 3.05) is 12.4 Å². The lowest BCUT2D eigenvalue weighted by Gasteiger charge is -2.14. The fraction of sp³-hybridized carbons (Fsp3) is 0.154. The van der Waals surface area contributed by atoms with Crippen LogP contribution in [0.3, 0.4) is 0 Å². The van der Waals surface area contributed by atoms with Crippen LogP contribution in [-0.2, 0) is 11.2 Å². The van der Waals surface area contributed by atoms with Gasteiger partial charge in [0, 0.05) is 33.6 Å². The van der Waals surface area contributed by atoms with E-state index in [1.165, 1.54) is 24.2 Å². The number of hydrogen-bond acceptors (Lipinski definition) is 7. The zero-order chi connectivity index (χ0) is 27.1. The third-order valence-electron chi connectivity index (χ3n) is 6.58. The van der Waals surface area contributed by atoms with Crippen LogP contribution in [0.15, 0.2) is 65.7 Å². The number of nitrogens with zero attached hydrogens (tertiary/aromatic N) is 6. The summed E-state index contributed by atoms with van der Waals surface area (Å²) in [6.07, 6.45) is 2.03. The smallest absolute Gasteiger partial charge is 0.411 e. The van der Waals surface area contributed by atoms with Crippen LogP contribution in [0, 0.1) is 5.95 Å². The molecular formula is C26H20ClFN8O3. The van der Waals surface area contributed by atoms with E-state index in [9.17, 15) is 14.0 Å². The summed E-state index contributed by atoms with van der Waals surface area (Å²) in [4.78, 5) is 32.0. The van der Waals surface area contributed by atoms with Crippen molar-refractivity contribution in [1.29, 1.82) is 0 Å². The van der Waals surface area contributed by atoms with Crippen molar-refractivity contribution in [2.45, 2.75) is 18.9 Å². The topological polar surface area (TPSA) is 133 Å². The molecular weight excluding hydrogens is 527 g/mol. The molecule has 3 aromatic heterocycles. The number of methoxy groups -OCH3 is 1. The number of aromatic amines is 1. The zero-order valence-electron chi connectivity index (χ0n) is 20.4. The van der Waals surface area contributed by atoms with Crippen molar-refractivity contribution in [3.63, 3.8) is 0 Å². The Balaban J connectivity index is 1.33. The summed E-state index contributed by atoms with van der Waals surface area (Å²) >= 11 is 6.28. The number of halogens is 2. The van der Waals surface area contributed by atoms with E-state index < -0.39 is 18.1 Å². The Bertz CT molecular complexity index is 1750. The first kappa shape index (κ1) is 24.5. The maximum Gasteiger partial charge on any atom is 0.411 e. The Morgan fingerprint density at radius 3 is 2.72 bits per heavy atom. The van der Waals surface area contributed by atoms with Crippen LogP contribution in [-0.4, -0.2) is 47.9 Å². The van der Waals surface area contributed by atoms with Gasteiger partial charge in [0.1, 0.15) is 17.8 Å². The second-order valence-electron chi connectivity index (χ2n) is 8.89. The molecule has 0 fully saturated rings. The molecule has 0 bridgehead atoms. The molecule has 0 saturated heterocycles. The first-order valence-corrected chi connectivity index (χ1v) is 12.3. The molecule has 13 heteroatoms. The summed E-state index contributed by atoms with van der Waals surface area (Å²) in [5.41, 5.74) is 3.74. The number of imidazole rings is 1. The molecule has 4 heterocycles. The maximum absolute atomic E-state index is 15.0. The summed E-state index contributed by atoms with van der Waals surface area (Å²) in [5, 5.41) is 14.4. The molecule has 0 spiro atoms. The maximum atomic E-state index is 15.0. The van der Waals surface area contributed by atoms with E-state index in [4.69, 9.17) is 11.6 Å². The summed E-state index contributed by atoms with van der Waals surface area (Å²) in [6.45, 7) is 0. The first-order chi connectivity index (χ1) is 18.9. The number of aryl methyl sites for hydroxylation is 1. The van der Waals surface area contributed by atoms with Gasteiger partial charge in [0.15, 0.2) is 0 Å². The van der Waals surface area contributed by atoms with Crippen molar-refractivity contribution in [2.24, 2.45) is 0 Å². The van der Waals surface area contributed by atoms with Crippen LogP contribution >= 0.6 is 11.6 Å². The predicted octanol–water partition coefficient (Wildman–Crippen LogP) is 4.39. The summed E-state index contributed by atoms with van der Waals surface area (Å²) < 4.78 is 22.7. The number of amides is 1. The van der Waals surface area contributed by atoms with E-state index in [-0.39, 0.29) is 11.3 Å². The molecule has 0 unspecified atom stereocenters. The quantitative estimate of drug-likeness (QED) is 0.334. The van der Waals surface area contributed by atoms with E-state index in [1.807, 2.05) is 6.07 Å². The Kier molecular flexibility index (Phi) is 6.15. The number of aromatic nitrogens is 7. The molecule has 1 amide bonds. The second kappa shape index (κ2) is 9.80. The number of anilines is 1. The fourth-order valence-electron chi connectivity index (χ4n) is 4.82. The molecule has 0 saturated carbocycles. The largest absolute Gasteiger partial charge is 0.453 e. The van der Waals surface area contributed by atoms with Crippen LogP contribution < -0.4 is 10.9 Å². The standard InChI is InChI=1S/C26H20ClFN8O3/c1-39-26(38)30-17-5-2-14(3-6-17)23-24(28)32-25(31-23)21-9-7-18-10-15(11-22(37)36(18)21)19-12-16(27)4-8-20(19)35-13-29-33-34-35/h2-6,8,10-13,21H,7,9H2,1H3,(H,30,38)(H,31,32)/t21-/m0/s1. The Labute approximate surface area is 225 Å². The number of hydrogen-bond donors (Lipinski definition) is 2. The van der Waals surface area contributed by atoms with Crippen LogP contribution in [0.4, 0.5) is 14.9 Å². The highest BCUT2D eigenvalue weighted by Crippen LogP contribution is 2.35. The first-order valence-electron chi connectivity index (χ1n) is 11.9. The average Bonchev–Trinajstić information content (AvgIpc) is 3.69. The van der Waals surface area contributed by atoms with Crippen molar-refractivity contribution >= 4 is 23.4 Å². The lowest BCUT2D eigenvalue weighted by atomic mass is 10.0.